The molecule has 0 nitrogen and oxygen atoms in total. The van der Waals surface area contributed by atoms with E-state index in [0.717, 1.165) is 0 Å². The van der Waals surface area contributed by atoms with Crippen LogP contribution in [0.4, 0.5) is 0 Å². The monoisotopic (exact) mass is 164 g/mol. The molecule has 0 saturated heterocycles. The van der Waals surface area contributed by atoms with Crippen molar-refractivity contribution in [3.05, 3.63) is 23.3 Å². The predicted octanol–water partition coefficient (Wildman–Crippen LogP) is 4.23. The van der Waals surface area contributed by atoms with Crippen LogP contribution in [0, 0.1) is 0 Å². The van der Waals surface area contributed by atoms with E-state index in [1.54, 1.807) is 11.1 Å². The van der Waals surface area contributed by atoms with Crippen LogP contribution < -0.4 is 0 Å². The molecule has 0 N–H and O–H groups in total. The first-order valence-electron chi connectivity index (χ1n) is 5.27. The van der Waals surface area contributed by atoms with Gasteiger partial charge in [0, 0.05) is 0 Å². The van der Waals surface area contributed by atoms with E-state index in [0.29, 0.717) is 0 Å². The lowest BCUT2D eigenvalue weighted by atomic mass is 9.92. The average molecular weight is 164 g/mol. The van der Waals surface area contributed by atoms with Gasteiger partial charge in [-0.05, 0) is 43.3 Å². The molecule has 0 fully saturated rings. The average Bonchev–Trinajstić information content (AvgIpc) is 2.15. The van der Waals surface area contributed by atoms with Gasteiger partial charge in [0.15, 0.2) is 0 Å². The Balaban J connectivity index is 2.49. The lowest BCUT2D eigenvalue weighted by molar-refractivity contribution is 0.771. The third-order valence-corrected chi connectivity index (χ3v) is 2.54. The molecule has 0 atom stereocenters. The van der Waals surface area contributed by atoms with Crippen molar-refractivity contribution in [3.63, 3.8) is 0 Å². The summed E-state index contributed by atoms with van der Waals surface area (Å²) in [7, 11) is 0. The maximum atomic E-state index is 2.44. The van der Waals surface area contributed by atoms with Gasteiger partial charge < -0.3 is 0 Å². The van der Waals surface area contributed by atoms with E-state index in [1.165, 1.54) is 38.5 Å². The Morgan fingerprint density at radius 3 is 2.33 bits per heavy atom. The highest BCUT2D eigenvalue weighted by Gasteiger charge is 2.05. The molecule has 0 bridgehead atoms. The Hall–Kier alpha value is -0.520. The Labute approximate surface area is 76.4 Å². The summed E-state index contributed by atoms with van der Waals surface area (Å²) in [4.78, 5) is 0. The molecule has 68 valence electrons. The summed E-state index contributed by atoms with van der Waals surface area (Å²) < 4.78 is 0. The fourth-order valence-corrected chi connectivity index (χ4v) is 1.78. The molecule has 0 aliphatic heterocycles. The molecule has 1 aliphatic carbocycles. The van der Waals surface area contributed by atoms with E-state index in [9.17, 15) is 0 Å². The van der Waals surface area contributed by atoms with Crippen LogP contribution in [-0.4, -0.2) is 0 Å². The zero-order valence-electron chi connectivity index (χ0n) is 8.40. The highest BCUT2D eigenvalue weighted by molar-refractivity contribution is 5.33. The van der Waals surface area contributed by atoms with Crippen LogP contribution in [0.5, 0.6) is 0 Å². The molecule has 0 heterocycles. The molecule has 1 aliphatic rings. The summed E-state index contributed by atoms with van der Waals surface area (Å²) in [5.41, 5.74) is 3.24. The van der Waals surface area contributed by atoms with E-state index < -0.39 is 0 Å². The number of allylic oxidation sites excluding steroid dienone is 4. The summed E-state index contributed by atoms with van der Waals surface area (Å²) in [5, 5.41) is 0. The standard InChI is InChI=1S/C12H20/c1-3-5-8-12-10-7-6-9-11(12)4-2/h9-10H,3-8H2,1-2H3. The van der Waals surface area contributed by atoms with Crippen molar-refractivity contribution in [1.82, 2.24) is 0 Å². The van der Waals surface area contributed by atoms with Gasteiger partial charge in [-0.25, -0.2) is 0 Å². The van der Waals surface area contributed by atoms with Gasteiger partial charge in [-0.1, -0.05) is 32.4 Å². The zero-order chi connectivity index (χ0) is 8.81. The molecule has 12 heavy (non-hydrogen) atoms. The minimum absolute atomic E-state index is 1.22. The molecule has 1 rings (SSSR count). The molecule has 0 aromatic carbocycles. The molecule has 0 amide bonds. The van der Waals surface area contributed by atoms with Crippen molar-refractivity contribution in [2.75, 3.05) is 0 Å². The molecule has 0 aromatic rings. The third kappa shape index (κ3) is 2.51. The molecule has 0 saturated carbocycles. The minimum atomic E-state index is 1.22. The van der Waals surface area contributed by atoms with Gasteiger partial charge in [-0.2, -0.15) is 0 Å². The minimum Gasteiger partial charge on any atom is -0.0808 e. The van der Waals surface area contributed by atoms with Crippen LogP contribution in [-0.2, 0) is 0 Å². The van der Waals surface area contributed by atoms with E-state index in [4.69, 9.17) is 0 Å². The molecule has 0 aromatic heterocycles. The quantitative estimate of drug-likeness (QED) is 0.583. The largest absolute Gasteiger partial charge is 0.0808 e. The Morgan fingerprint density at radius 2 is 1.75 bits per heavy atom. The van der Waals surface area contributed by atoms with Gasteiger partial charge in [0.05, 0.1) is 0 Å². The summed E-state index contributed by atoms with van der Waals surface area (Å²) in [5.74, 6) is 0. The van der Waals surface area contributed by atoms with E-state index in [2.05, 4.69) is 26.0 Å². The zero-order valence-corrected chi connectivity index (χ0v) is 8.40. The highest BCUT2D eigenvalue weighted by atomic mass is 14.1. The van der Waals surface area contributed by atoms with Crippen molar-refractivity contribution in [1.29, 1.82) is 0 Å². The van der Waals surface area contributed by atoms with Crippen LogP contribution in [0.3, 0.4) is 0 Å². The predicted molar refractivity (Wildman–Crippen MR) is 55.2 cm³/mol. The fourth-order valence-electron chi connectivity index (χ4n) is 1.78. The van der Waals surface area contributed by atoms with Gasteiger partial charge in [0.1, 0.15) is 0 Å². The maximum Gasteiger partial charge on any atom is -0.0280 e. The topological polar surface area (TPSA) is 0 Å². The number of hydrogen-bond acceptors (Lipinski definition) is 0. The molecule has 0 heteroatoms. The summed E-state index contributed by atoms with van der Waals surface area (Å²) in [6.45, 7) is 4.52. The summed E-state index contributed by atoms with van der Waals surface area (Å²) >= 11 is 0. The first-order valence-corrected chi connectivity index (χ1v) is 5.27. The van der Waals surface area contributed by atoms with Crippen molar-refractivity contribution in [2.45, 2.75) is 52.4 Å². The summed E-state index contributed by atoms with van der Waals surface area (Å²) in [6, 6.07) is 0. The smallest absolute Gasteiger partial charge is 0.0280 e. The first-order chi connectivity index (χ1) is 5.88. The molecular formula is C12H20. The fraction of sp³-hybridized carbons (Fsp3) is 0.667. The van der Waals surface area contributed by atoms with Gasteiger partial charge in [0.2, 0.25) is 0 Å². The molecule has 0 spiro atoms. The van der Waals surface area contributed by atoms with Crippen molar-refractivity contribution in [3.8, 4) is 0 Å². The van der Waals surface area contributed by atoms with Crippen LogP contribution in [0.1, 0.15) is 52.4 Å². The Bertz CT molecular complexity index is 184. The van der Waals surface area contributed by atoms with Crippen molar-refractivity contribution >= 4 is 0 Å². The number of unbranched alkanes of at least 4 members (excludes halogenated alkanes) is 1. The van der Waals surface area contributed by atoms with E-state index in [-0.39, 0.29) is 0 Å². The second-order valence-corrected chi connectivity index (χ2v) is 3.49. The third-order valence-electron chi connectivity index (χ3n) is 2.54. The van der Waals surface area contributed by atoms with Gasteiger partial charge >= 0.3 is 0 Å². The lowest BCUT2D eigenvalue weighted by Crippen LogP contribution is -1.94. The summed E-state index contributed by atoms with van der Waals surface area (Å²) in [6.07, 6.45) is 12.6. The second-order valence-electron chi connectivity index (χ2n) is 3.49. The first kappa shape index (κ1) is 9.57. The van der Waals surface area contributed by atoms with Crippen LogP contribution in [0.25, 0.3) is 0 Å². The maximum absolute atomic E-state index is 2.44. The molecule has 0 radical (unpaired) electrons. The Morgan fingerprint density at radius 1 is 1.08 bits per heavy atom. The normalized spacial score (nSPS) is 17.2. The van der Waals surface area contributed by atoms with Crippen molar-refractivity contribution < 1.29 is 0 Å². The van der Waals surface area contributed by atoms with Crippen LogP contribution in [0.2, 0.25) is 0 Å². The second kappa shape index (κ2) is 5.18. The van der Waals surface area contributed by atoms with E-state index >= 15 is 0 Å². The van der Waals surface area contributed by atoms with E-state index in [1.807, 2.05) is 0 Å². The van der Waals surface area contributed by atoms with Crippen molar-refractivity contribution in [2.24, 2.45) is 0 Å². The van der Waals surface area contributed by atoms with Gasteiger partial charge in [0.25, 0.3) is 0 Å². The SMILES string of the molecule is CCCCC1=CCCC=C1CC. The molecular weight excluding hydrogens is 144 g/mol. The Kier molecular flexibility index (Phi) is 4.13. The highest BCUT2D eigenvalue weighted by Crippen LogP contribution is 2.25. The van der Waals surface area contributed by atoms with Crippen LogP contribution in [0.15, 0.2) is 23.3 Å². The van der Waals surface area contributed by atoms with Gasteiger partial charge in [-0.3, -0.25) is 0 Å². The van der Waals surface area contributed by atoms with Gasteiger partial charge in [-0.15, -0.1) is 0 Å². The van der Waals surface area contributed by atoms with Crippen LogP contribution >= 0.6 is 0 Å². The number of hydrogen-bond donors (Lipinski definition) is 0. The molecule has 0 unspecified atom stereocenters. The lowest BCUT2D eigenvalue weighted by Gasteiger charge is -2.14. The number of rotatable bonds is 4.